The van der Waals surface area contributed by atoms with E-state index in [-0.39, 0.29) is 5.54 Å². The van der Waals surface area contributed by atoms with E-state index in [1.54, 1.807) is 0 Å². The van der Waals surface area contributed by atoms with Gasteiger partial charge in [-0.25, -0.2) is 0 Å². The van der Waals surface area contributed by atoms with Crippen molar-refractivity contribution in [2.75, 3.05) is 19.6 Å². The Kier molecular flexibility index (Phi) is 5.53. The zero-order chi connectivity index (χ0) is 14.8. The van der Waals surface area contributed by atoms with Crippen LogP contribution >= 0.6 is 0 Å². The summed E-state index contributed by atoms with van der Waals surface area (Å²) < 4.78 is 0. The zero-order valence-corrected chi connectivity index (χ0v) is 14.2. The molecule has 2 nitrogen and oxygen atoms in total. The molecule has 2 fully saturated rings. The second kappa shape index (κ2) is 6.79. The van der Waals surface area contributed by atoms with E-state index in [9.17, 15) is 0 Å². The van der Waals surface area contributed by atoms with Gasteiger partial charge in [-0.15, -0.1) is 0 Å². The summed E-state index contributed by atoms with van der Waals surface area (Å²) in [7, 11) is 0. The Labute approximate surface area is 126 Å². The van der Waals surface area contributed by atoms with Crippen LogP contribution < -0.4 is 5.73 Å². The SMILES string of the molecule is CC(C)CC(CN)(CC(C)C)N(CC1CC1)CC1CC1. The maximum atomic E-state index is 6.36. The fraction of sp³-hybridized carbons (Fsp3) is 1.00. The summed E-state index contributed by atoms with van der Waals surface area (Å²) in [6.45, 7) is 12.9. The first kappa shape index (κ1) is 16.3. The van der Waals surface area contributed by atoms with Gasteiger partial charge in [0.25, 0.3) is 0 Å². The third-order valence-electron chi connectivity index (χ3n) is 4.98. The van der Waals surface area contributed by atoms with Gasteiger partial charge in [-0.1, -0.05) is 27.7 Å². The summed E-state index contributed by atoms with van der Waals surface area (Å²) in [5, 5.41) is 0. The number of hydrogen-bond donors (Lipinski definition) is 1. The largest absolute Gasteiger partial charge is 0.329 e. The average molecular weight is 281 g/mol. The molecule has 0 amide bonds. The fourth-order valence-corrected chi connectivity index (χ4v) is 3.84. The lowest BCUT2D eigenvalue weighted by molar-refractivity contribution is 0.0443. The Morgan fingerprint density at radius 3 is 1.55 bits per heavy atom. The van der Waals surface area contributed by atoms with Crippen molar-refractivity contribution in [3.63, 3.8) is 0 Å². The molecule has 118 valence electrons. The third-order valence-corrected chi connectivity index (χ3v) is 4.98. The predicted octanol–water partition coefficient (Wildman–Crippen LogP) is 3.90. The highest BCUT2D eigenvalue weighted by Crippen LogP contribution is 2.40. The van der Waals surface area contributed by atoms with Crippen molar-refractivity contribution < 1.29 is 0 Å². The molecule has 0 unspecified atom stereocenters. The van der Waals surface area contributed by atoms with E-state index < -0.39 is 0 Å². The molecule has 2 aliphatic carbocycles. The van der Waals surface area contributed by atoms with Crippen LogP contribution in [0.2, 0.25) is 0 Å². The summed E-state index contributed by atoms with van der Waals surface area (Å²) in [4.78, 5) is 2.84. The lowest BCUT2D eigenvalue weighted by atomic mass is 9.80. The van der Waals surface area contributed by atoms with Gasteiger partial charge >= 0.3 is 0 Å². The summed E-state index contributed by atoms with van der Waals surface area (Å²) in [6.07, 6.45) is 8.33. The minimum atomic E-state index is 0.257. The number of nitrogens with two attached hydrogens (primary N) is 1. The van der Waals surface area contributed by atoms with E-state index in [0.717, 1.165) is 30.2 Å². The molecular formula is C18H36N2. The van der Waals surface area contributed by atoms with Crippen LogP contribution in [0, 0.1) is 23.7 Å². The van der Waals surface area contributed by atoms with Gasteiger partial charge in [0.1, 0.15) is 0 Å². The second-order valence-corrected chi connectivity index (χ2v) is 8.42. The van der Waals surface area contributed by atoms with Crippen molar-refractivity contribution in [1.29, 1.82) is 0 Å². The molecule has 0 atom stereocenters. The monoisotopic (exact) mass is 280 g/mol. The van der Waals surface area contributed by atoms with Gasteiger partial charge in [0.2, 0.25) is 0 Å². The first-order valence-corrected chi connectivity index (χ1v) is 8.90. The van der Waals surface area contributed by atoms with Crippen LogP contribution in [-0.4, -0.2) is 30.1 Å². The van der Waals surface area contributed by atoms with Crippen molar-refractivity contribution in [3.8, 4) is 0 Å². The second-order valence-electron chi connectivity index (χ2n) is 8.42. The Balaban J connectivity index is 2.12. The standard InChI is InChI=1S/C18H36N2/c1-14(2)9-18(13-19,10-15(3)4)20(11-16-5-6-16)12-17-7-8-17/h14-17H,5-13,19H2,1-4H3. The lowest BCUT2D eigenvalue weighted by Gasteiger charge is -2.46. The van der Waals surface area contributed by atoms with Crippen LogP contribution in [0.1, 0.15) is 66.2 Å². The van der Waals surface area contributed by atoms with Gasteiger partial charge in [-0.2, -0.15) is 0 Å². The van der Waals surface area contributed by atoms with Crippen molar-refractivity contribution in [2.45, 2.75) is 71.8 Å². The van der Waals surface area contributed by atoms with Crippen molar-refractivity contribution in [2.24, 2.45) is 29.4 Å². The van der Waals surface area contributed by atoms with E-state index in [1.807, 2.05) is 0 Å². The van der Waals surface area contributed by atoms with Gasteiger partial charge in [-0.05, 0) is 62.2 Å². The van der Waals surface area contributed by atoms with Crippen LogP contribution in [-0.2, 0) is 0 Å². The quantitative estimate of drug-likeness (QED) is 0.657. The van der Waals surface area contributed by atoms with E-state index in [0.29, 0.717) is 0 Å². The van der Waals surface area contributed by atoms with Crippen molar-refractivity contribution >= 4 is 0 Å². The molecule has 0 saturated heterocycles. The topological polar surface area (TPSA) is 29.3 Å². The molecule has 20 heavy (non-hydrogen) atoms. The van der Waals surface area contributed by atoms with Gasteiger partial charge in [0.15, 0.2) is 0 Å². The lowest BCUT2D eigenvalue weighted by Crippen LogP contribution is -2.56. The minimum absolute atomic E-state index is 0.257. The first-order valence-electron chi connectivity index (χ1n) is 8.90. The van der Waals surface area contributed by atoms with Crippen molar-refractivity contribution in [3.05, 3.63) is 0 Å². The highest BCUT2D eigenvalue weighted by molar-refractivity contribution is 4.97. The molecule has 0 aliphatic heterocycles. The van der Waals surface area contributed by atoms with Gasteiger partial charge in [0.05, 0.1) is 0 Å². The van der Waals surface area contributed by atoms with E-state index in [4.69, 9.17) is 5.73 Å². The fourth-order valence-electron chi connectivity index (χ4n) is 3.84. The normalized spacial score (nSPS) is 20.4. The van der Waals surface area contributed by atoms with Crippen LogP contribution in [0.15, 0.2) is 0 Å². The van der Waals surface area contributed by atoms with Crippen LogP contribution in [0.4, 0.5) is 0 Å². The maximum Gasteiger partial charge on any atom is 0.0336 e. The molecular weight excluding hydrogens is 244 g/mol. The maximum absolute atomic E-state index is 6.36. The molecule has 2 rings (SSSR count). The molecule has 0 aromatic carbocycles. The predicted molar refractivity (Wildman–Crippen MR) is 87.7 cm³/mol. The minimum Gasteiger partial charge on any atom is -0.329 e. The average Bonchev–Trinajstić information content (AvgIpc) is 3.20. The van der Waals surface area contributed by atoms with Gasteiger partial charge < -0.3 is 5.73 Å². The van der Waals surface area contributed by atoms with E-state index >= 15 is 0 Å². The Bertz CT molecular complexity index is 266. The first-order chi connectivity index (χ1) is 9.45. The van der Waals surface area contributed by atoms with Crippen LogP contribution in [0.5, 0.6) is 0 Å². The summed E-state index contributed by atoms with van der Waals surface area (Å²) >= 11 is 0. The molecule has 0 spiro atoms. The molecule has 0 aromatic rings. The summed E-state index contributed by atoms with van der Waals surface area (Å²) in [5.41, 5.74) is 6.61. The zero-order valence-electron chi connectivity index (χ0n) is 14.2. The molecule has 0 radical (unpaired) electrons. The van der Waals surface area contributed by atoms with Crippen molar-refractivity contribution in [1.82, 2.24) is 4.90 Å². The molecule has 2 aliphatic rings. The molecule has 0 bridgehead atoms. The molecule has 2 saturated carbocycles. The van der Waals surface area contributed by atoms with E-state index in [1.165, 1.54) is 51.6 Å². The summed E-state index contributed by atoms with van der Waals surface area (Å²) in [6, 6.07) is 0. The Hall–Kier alpha value is -0.0800. The smallest absolute Gasteiger partial charge is 0.0336 e. The number of hydrogen-bond acceptors (Lipinski definition) is 2. The third kappa shape index (κ3) is 4.73. The molecule has 2 heteroatoms. The molecule has 2 N–H and O–H groups in total. The van der Waals surface area contributed by atoms with Gasteiger partial charge in [0, 0.05) is 25.2 Å². The molecule has 0 aromatic heterocycles. The molecule has 0 heterocycles. The Morgan fingerprint density at radius 1 is 0.900 bits per heavy atom. The highest BCUT2D eigenvalue weighted by Gasteiger charge is 2.41. The summed E-state index contributed by atoms with van der Waals surface area (Å²) in [5.74, 6) is 3.41. The van der Waals surface area contributed by atoms with Gasteiger partial charge in [-0.3, -0.25) is 4.90 Å². The van der Waals surface area contributed by atoms with Crippen LogP contribution in [0.3, 0.4) is 0 Å². The number of rotatable bonds is 10. The Morgan fingerprint density at radius 2 is 1.30 bits per heavy atom. The van der Waals surface area contributed by atoms with Crippen LogP contribution in [0.25, 0.3) is 0 Å². The number of nitrogens with zero attached hydrogens (tertiary/aromatic N) is 1. The highest BCUT2D eigenvalue weighted by atomic mass is 15.2. The van der Waals surface area contributed by atoms with E-state index in [2.05, 4.69) is 32.6 Å².